The molecule has 2 aromatic heterocycles. The summed E-state index contributed by atoms with van der Waals surface area (Å²) in [5.74, 6) is 1.20. The monoisotopic (exact) mass is 461 g/mol. The second-order valence-corrected chi connectivity index (χ2v) is 10.1. The van der Waals surface area contributed by atoms with Crippen LogP contribution in [0.1, 0.15) is 29.7 Å². The van der Waals surface area contributed by atoms with Crippen molar-refractivity contribution in [3.63, 3.8) is 0 Å². The average molecular weight is 462 g/mol. The minimum absolute atomic E-state index is 0.260. The first kappa shape index (κ1) is 21.5. The van der Waals surface area contributed by atoms with Gasteiger partial charge in [0.15, 0.2) is 0 Å². The number of fused-ring (bicyclic) bond motifs is 1. The lowest BCUT2D eigenvalue weighted by Crippen LogP contribution is -2.50. The highest BCUT2D eigenvalue weighted by Gasteiger charge is 2.48. The van der Waals surface area contributed by atoms with Crippen LogP contribution in [0, 0.1) is 5.41 Å². The smallest absolute Gasteiger partial charge is 0.357 e. The van der Waals surface area contributed by atoms with Gasteiger partial charge in [-0.2, -0.15) is 18.2 Å². The summed E-state index contributed by atoms with van der Waals surface area (Å²) < 4.78 is 38.8. The van der Waals surface area contributed by atoms with Crippen LogP contribution < -0.4 is 15.5 Å². The van der Waals surface area contributed by atoms with Crippen molar-refractivity contribution in [2.45, 2.75) is 44.4 Å². The number of thiophene rings is 1. The van der Waals surface area contributed by atoms with Crippen LogP contribution in [-0.4, -0.2) is 42.3 Å². The van der Waals surface area contributed by atoms with Gasteiger partial charge in [0.05, 0.1) is 11.8 Å². The molecule has 2 N–H and O–H groups in total. The van der Waals surface area contributed by atoms with Crippen LogP contribution in [-0.2, 0) is 13.0 Å². The second-order valence-electron chi connectivity index (χ2n) is 8.99. The molecular formula is C23H26F3N5S. The minimum Gasteiger partial charge on any atom is -0.357 e. The van der Waals surface area contributed by atoms with Gasteiger partial charge in [-0.1, -0.05) is 30.3 Å². The first-order valence-corrected chi connectivity index (χ1v) is 11.7. The Morgan fingerprint density at radius 2 is 1.97 bits per heavy atom. The van der Waals surface area contributed by atoms with E-state index >= 15 is 0 Å². The summed E-state index contributed by atoms with van der Waals surface area (Å²) in [7, 11) is 1.73. The molecule has 1 aliphatic carbocycles. The fraction of sp³-hybridized carbons (Fsp3) is 0.478. The van der Waals surface area contributed by atoms with Gasteiger partial charge in [-0.25, -0.2) is 4.98 Å². The molecule has 3 aromatic rings. The third-order valence-electron chi connectivity index (χ3n) is 6.56. The quantitative estimate of drug-likeness (QED) is 0.542. The molecule has 1 spiro atoms. The van der Waals surface area contributed by atoms with E-state index in [9.17, 15) is 13.2 Å². The molecule has 0 amide bonds. The maximum absolute atomic E-state index is 12.9. The standard InChI is InChI=1S/C23H26F3N5S/c1-27-21-29-19(18-9-17(12-23(24,25)26)32-20(18)30-21)31-8-7-22(14-31)10-16(11-22)28-13-15-5-3-2-4-6-15/h2-6,9,16,28H,7-8,10-14H2,1H3,(H,27,29,30). The van der Waals surface area contributed by atoms with Crippen LogP contribution in [0.25, 0.3) is 10.2 Å². The molecule has 2 fully saturated rings. The molecule has 9 heteroatoms. The SMILES string of the molecule is CNc1nc(N2CCC3(CC(NCc4ccccc4)C3)C2)c2cc(CC(F)(F)F)sc2n1. The molecular weight excluding hydrogens is 435 g/mol. The average Bonchev–Trinajstić information content (AvgIpc) is 3.34. The number of aromatic nitrogens is 2. The summed E-state index contributed by atoms with van der Waals surface area (Å²) in [6.07, 6.45) is -1.85. The maximum atomic E-state index is 12.9. The first-order chi connectivity index (χ1) is 15.3. The summed E-state index contributed by atoms with van der Waals surface area (Å²) in [5.41, 5.74) is 1.55. The van der Waals surface area contributed by atoms with Crippen molar-refractivity contribution in [1.29, 1.82) is 0 Å². The highest BCUT2D eigenvalue weighted by Crippen LogP contribution is 2.50. The van der Waals surface area contributed by atoms with Gasteiger partial charge in [-0.15, -0.1) is 11.3 Å². The summed E-state index contributed by atoms with van der Waals surface area (Å²) in [5, 5.41) is 7.33. The Balaban J connectivity index is 1.29. The predicted molar refractivity (Wildman–Crippen MR) is 122 cm³/mol. The van der Waals surface area contributed by atoms with Crippen molar-refractivity contribution < 1.29 is 13.2 Å². The van der Waals surface area contributed by atoms with Gasteiger partial charge in [-0.3, -0.25) is 0 Å². The minimum atomic E-state index is -4.23. The molecule has 1 aliphatic heterocycles. The van der Waals surface area contributed by atoms with Crippen molar-refractivity contribution in [3.8, 4) is 0 Å². The first-order valence-electron chi connectivity index (χ1n) is 10.9. The normalized spacial score (nSPS) is 23.1. The molecule has 2 aliphatic rings. The number of anilines is 2. The summed E-state index contributed by atoms with van der Waals surface area (Å²) >= 11 is 1.10. The van der Waals surface area contributed by atoms with Gasteiger partial charge in [0.25, 0.3) is 0 Å². The van der Waals surface area contributed by atoms with E-state index in [1.54, 1.807) is 13.1 Å². The van der Waals surface area contributed by atoms with E-state index in [1.165, 1.54) is 5.56 Å². The number of nitrogens with zero attached hydrogens (tertiary/aromatic N) is 3. The second kappa shape index (κ2) is 8.19. The van der Waals surface area contributed by atoms with E-state index in [-0.39, 0.29) is 10.3 Å². The zero-order valence-corrected chi connectivity index (χ0v) is 18.7. The molecule has 1 saturated carbocycles. The third-order valence-corrected chi connectivity index (χ3v) is 7.59. The Morgan fingerprint density at radius 1 is 1.19 bits per heavy atom. The van der Waals surface area contributed by atoms with Crippen molar-refractivity contribution in [1.82, 2.24) is 15.3 Å². The molecule has 1 aromatic carbocycles. The molecule has 3 heterocycles. The lowest BCUT2D eigenvalue weighted by Gasteiger charge is -2.45. The van der Waals surface area contributed by atoms with E-state index in [2.05, 4.69) is 49.8 Å². The van der Waals surface area contributed by atoms with Crippen LogP contribution in [0.2, 0.25) is 0 Å². The third kappa shape index (κ3) is 4.41. The van der Waals surface area contributed by atoms with Crippen LogP contribution in [0.5, 0.6) is 0 Å². The summed E-state index contributed by atoms with van der Waals surface area (Å²) in [6, 6.07) is 12.5. The zero-order chi connectivity index (χ0) is 22.3. The van der Waals surface area contributed by atoms with Crippen molar-refractivity contribution >= 4 is 33.3 Å². The summed E-state index contributed by atoms with van der Waals surface area (Å²) in [6.45, 7) is 2.63. The summed E-state index contributed by atoms with van der Waals surface area (Å²) in [4.78, 5) is 12.2. The lowest BCUT2D eigenvalue weighted by atomic mass is 9.65. The van der Waals surface area contributed by atoms with Crippen molar-refractivity contribution in [3.05, 3.63) is 46.8 Å². The number of rotatable bonds is 6. The highest BCUT2D eigenvalue weighted by molar-refractivity contribution is 7.18. The van der Waals surface area contributed by atoms with Gasteiger partial charge in [0.1, 0.15) is 10.6 Å². The fourth-order valence-corrected chi connectivity index (χ4v) is 6.08. The number of benzene rings is 1. The van der Waals surface area contributed by atoms with Crippen LogP contribution in [0.3, 0.4) is 0 Å². The van der Waals surface area contributed by atoms with E-state index in [0.29, 0.717) is 16.8 Å². The molecule has 5 nitrogen and oxygen atoms in total. The van der Waals surface area contributed by atoms with E-state index in [4.69, 9.17) is 0 Å². The Kier molecular flexibility index (Phi) is 5.49. The maximum Gasteiger partial charge on any atom is 0.393 e. The largest absolute Gasteiger partial charge is 0.393 e. The number of hydrogen-bond donors (Lipinski definition) is 2. The topological polar surface area (TPSA) is 53.1 Å². The van der Waals surface area contributed by atoms with Gasteiger partial charge < -0.3 is 15.5 Å². The lowest BCUT2D eigenvalue weighted by molar-refractivity contribution is -0.126. The molecule has 0 bridgehead atoms. The van der Waals surface area contributed by atoms with Crippen molar-refractivity contribution in [2.75, 3.05) is 30.4 Å². The van der Waals surface area contributed by atoms with Gasteiger partial charge in [-0.05, 0) is 36.3 Å². The molecule has 1 saturated heterocycles. The number of halogens is 3. The van der Waals surface area contributed by atoms with Gasteiger partial charge >= 0.3 is 6.18 Å². The molecule has 5 rings (SSSR count). The van der Waals surface area contributed by atoms with Gasteiger partial charge in [0.2, 0.25) is 5.95 Å². The molecule has 170 valence electrons. The molecule has 0 unspecified atom stereocenters. The Hall–Kier alpha value is -2.39. The number of hydrogen-bond acceptors (Lipinski definition) is 6. The molecule has 0 atom stereocenters. The fourth-order valence-electron chi connectivity index (χ4n) is 5.03. The number of alkyl halides is 3. The molecule has 32 heavy (non-hydrogen) atoms. The molecule has 0 radical (unpaired) electrons. The van der Waals surface area contributed by atoms with Crippen LogP contribution in [0.4, 0.5) is 24.9 Å². The van der Waals surface area contributed by atoms with E-state index in [1.807, 2.05) is 6.07 Å². The van der Waals surface area contributed by atoms with Gasteiger partial charge in [0, 0.05) is 37.6 Å². The van der Waals surface area contributed by atoms with Crippen LogP contribution in [0.15, 0.2) is 36.4 Å². The number of nitrogens with one attached hydrogen (secondary N) is 2. The highest BCUT2D eigenvalue weighted by atomic mass is 32.1. The van der Waals surface area contributed by atoms with E-state index < -0.39 is 12.6 Å². The Labute approximate surface area is 189 Å². The Morgan fingerprint density at radius 3 is 2.69 bits per heavy atom. The van der Waals surface area contributed by atoms with Crippen LogP contribution >= 0.6 is 11.3 Å². The zero-order valence-electron chi connectivity index (χ0n) is 17.9. The predicted octanol–water partition coefficient (Wildman–Crippen LogP) is 4.99. The van der Waals surface area contributed by atoms with E-state index in [0.717, 1.165) is 61.4 Å². The van der Waals surface area contributed by atoms with Crippen molar-refractivity contribution in [2.24, 2.45) is 5.41 Å². The Bertz CT molecular complexity index is 1090.